The van der Waals surface area contributed by atoms with Gasteiger partial charge in [-0.15, -0.1) is 11.3 Å². The smallest absolute Gasteiger partial charge is 0.143 e. The van der Waals surface area contributed by atoms with Crippen molar-refractivity contribution in [3.05, 3.63) is 193 Å². The SMILES string of the molecule is CC1(C)c2ccccc2-c2c1cc(-c1ccc3sc4ccc(-c5ccc6c(c5)c5ccccc5c5c6ccc6c7cc8ccccc8cc7oc65)cc4c3c1)c1ccccc21. The molecule has 1 aliphatic carbocycles. The lowest BCUT2D eigenvalue weighted by molar-refractivity contribution is 0.661. The molecule has 0 fully saturated rings. The average molecular weight is 793 g/mol. The summed E-state index contributed by atoms with van der Waals surface area (Å²) >= 11 is 1.88. The number of rotatable bonds is 2. The van der Waals surface area contributed by atoms with E-state index in [0.717, 1.165) is 21.9 Å². The molecule has 14 rings (SSSR count). The monoisotopic (exact) mass is 792 g/mol. The molecule has 0 N–H and O–H groups in total. The number of fused-ring (bicyclic) bond motifs is 19. The summed E-state index contributed by atoms with van der Waals surface area (Å²) in [5.41, 5.74) is 12.4. The van der Waals surface area contributed by atoms with E-state index in [0.29, 0.717) is 0 Å². The summed E-state index contributed by atoms with van der Waals surface area (Å²) < 4.78 is 9.42. The van der Waals surface area contributed by atoms with Crippen molar-refractivity contribution in [1.29, 1.82) is 0 Å². The maximum absolute atomic E-state index is 6.79. The zero-order valence-electron chi connectivity index (χ0n) is 33.6. The van der Waals surface area contributed by atoms with E-state index >= 15 is 0 Å². The Balaban J connectivity index is 0.939. The van der Waals surface area contributed by atoms with Gasteiger partial charge >= 0.3 is 0 Å². The Kier molecular flexibility index (Phi) is 6.57. The minimum atomic E-state index is -0.0779. The first-order valence-corrected chi connectivity index (χ1v) is 22.0. The molecule has 0 saturated carbocycles. The molecule has 0 aliphatic heterocycles. The molecule has 0 amide bonds. The topological polar surface area (TPSA) is 13.1 Å². The van der Waals surface area contributed by atoms with Crippen LogP contribution in [0, 0.1) is 0 Å². The highest BCUT2D eigenvalue weighted by Gasteiger charge is 2.37. The quantitative estimate of drug-likeness (QED) is 0.159. The molecule has 2 heteroatoms. The summed E-state index contributed by atoms with van der Waals surface area (Å²) in [6.07, 6.45) is 0. The molecule has 0 unspecified atom stereocenters. The van der Waals surface area contributed by atoms with Gasteiger partial charge in [-0.25, -0.2) is 0 Å². The van der Waals surface area contributed by atoms with Gasteiger partial charge in [-0.3, -0.25) is 0 Å². The first-order valence-electron chi connectivity index (χ1n) is 21.2. The van der Waals surface area contributed by atoms with Crippen LogP contribution >= 0.6 is 11.3 Å². The minimum Gasteiger partial charge on any atom is -0.455 e. The molecule has 1 aliphatic rings. The van der Waals surface area contributed by atoms with Gasteiger partial charge in [-0.05, 0) is 148 Å². The van der Waals surface area contributed by atoms with E-state index in [2.05, 4.69) is 196 Å². The van der Waals surface area contributed by atoms with Gasteiger partial charge in [0, 0.05) is 41.7 Å². The van der Waals surface area contributed by atoms with Crippen LogP contribution in [-0.2, 0) is 5.41 Å². The van der Waals surface area contributed by atoms with Gasteiger partial charge in [0.25, 0.3) is 0 Å². The van der Waals surface area contributed by atoms with Crippen molar-refractivity contribution in [2.24, 2.45) is 0 Å². The Morgan fingerprint density at radius 1 is 0.377 bits per heavy atom. The van der Waals surface area contributed by atoms with Gasteiger partial charge in [0.05, 0.1) is 0 Å². The molecule has 2 aromatic heterocycles. The van der Waals surface area contributed by atoms with E-state index in [-0.39, 0.29) is 5.41 Å². The molecule has 0 radical (unpaired) electrons. The number of thiophene rings is 1. The summed E-state index contributed by atoms with van der Waals surface area (Å²) in [6.45, 7) is 4.76. The predicted molar refractivity (Wildman–Crippen MR) is 263 cm³/mol. The number of hydrogen-bond donors (Lipinski definition) is 0. The second-order valence-corrected chi connectivity index (χ2v) is 18.6. The van der Waals surface area contributed by atoms with Crippen LogP contribution in [0.1, 0.15) is 25.0 Å². The van der Waals surface area contributed by atoms with Crippen LogP contribution < -0.4 is 0 Å². The fourth-order valence-corrected chi connectivity index (χ4v) is 12.1. The van der Waals surface area contributed by atoms with Gasteiger partial charge in [-0.1, -0.05) is 141 Å². The second-order valence-electron chi connectivity index (χ2n) is 17.6. The number of benzene rings is 11. The van der Waals surface area contributed by atoms with Crippen molar-refractivity contribution >= 4 is 107 Å². The Hall–Kier alpha value is -7.26. The van der Waals surface area contributed by atoms with E-state index in [1.54, 1.807) is 0 Å². The van der Waals surface area contributed by atoms with Gasteiger partial charge in [0.1, 0.15) is 11.2 Å². The molecule has 2 heterocycles. The van der Waals surface area contributed by atoms with Crippen molar-refractivity contribution in [2.75, 3.05) is 0 Å². The normalized spacial score (nSPS) is 13.5. The van der Waals surface area contributed by atoms with Crippen molar-refractivity contribution in [3.8, 4) is 33.4 Å². The summed E-state index contributed by atoms with van der Waals surface area (Å²) in [4.78, 5) is 0. The Bertz CT molecular complexity index is 4060. The second kappa shape index (κ2) is 11.9. The molecule has 0 spiro atoms. The standard InChI is InChI=1S/C59H36OS/c1-59(2)51-18-10-9-17-45(51)56-41-15-7-5-13-38(41)46(32-52(56)59)37-21-26-55-50(30-37)49-29-36(20-25-54(49)61-55)35-19-22-40-43-23-24-44-48-28-33-11-3-4-12-34(33)31-53(48)60-58(44)57(43)42-16-8-6-14-39(42)47(40)27-35/h3-32H,1-2H3. The van der Waals surface area contributed by atoms with Crippen LogP contribution in [0.4, 0.5) is 0 Å². The van der Waals surface area contributed by atoms with Gasteiger partial charge in [0.2, 0.25) is 0 Å². The molecule has 0 saturated heterocycles. The molecular weight excluding hydrogens is 757 g/mol. The van der Waals surface area contributed by atoms with Gasteiger partial charge < -0.3 is 4.42 Å². The third-order valence-electron chi connectivity index (χ3n) is 14.0. The van der Waals surface area contributed by atoms with Gasteiger partial charge in [-0.2, -0.15) is 0 Å². The fraction of sp³-hybridized carbons (Fsp3) is 0.0508. The minimum absolute atomic E-state index is 0.0779. The van der Waals surface area contributed by atoms with Crippen LogP contribution in [0.2, 0.25) is 0 Å². The van der Waals surface area contributed by atoms with Crippen LogP contribution in [0.25, 0.3) is 129 Å². The molecule has 284 valence electrons. The maximum Gasteiger partial charge on any atom is 0.143 e. The number of hydrogen-bond acceptors (Lipinski definition) is 2. The zero-order valence-corrected chi connectivity index (χ0v) is 34.5. The Morgan fingerprint density at radius 3 is 1.77 bits per heavy atom. The maximum atomic E-state index is 6.79. The van der Waals surface area contributed by atoms with E-state index in [1.807, 2.05) is 11.3 Å². The van der Waals surface area contributed by atoms with Crippen molar-refractivity contribution in [2.45, 2.75) is 19.3 Å². The zero-order chi connectivity index (χ0) is 40.1. The van der Waals surface area contributed by atoms with Crippen LogP contribution in [0.3, 0.4) is 0 Å². The third kappa shape index (κ3) is 4.55. The Morgan fingerprint density at radius 2 is 0.951 bits per heavy atom. The highest BCUT2D eigenvalue weighted by molar-refractivity contribution is 7.25. The highest BCUT2D eigenvalue weighted by Crippen LogP contribution is 2.53. The predicted octanol–water partition coefficient (Wildman–Crippen LogP) is 17.4. The molecular formula is C59H36OS. The fourth-order valence-electron chi connectivity index (χ4n) is 11.0. The lowest BCUT2D eigenvalue weighted by Crippen LogP contribution is -2.15. The molecule has 13 aromatic rings. The Labute approximate surface area is 355 Å². The molecule has 11 aromatic carbocycles. The first-order chi connectivity index (χ1) is 30.0. The largest absolute Gasteiger partial charge is 0.455 e. The van der Waals surface area contributed by atoms with E-state index in [9.17, 15) is 0 Å². The lowest BCUT2D eigenvalue weighted by atomic mass is 9.80. The van der Waals surface area contributed by atoms with Crippen LogP contribution in [-0.4, -0.2) is 0 Å². The summed E-state index contributed by atoms with van der Waals surface area (Å²) in [5, 5.41) is 17.3. The first kappa shape index (κ1) is 33.6. The van der Waals surface area contributed by atoms with Crippen molar-refractivity contribution < 1.29 is 4.42 Å². The van der Waals surface area contributed by atoms with Crippen molar-refractivity contribution in [1.82, 2.24) is 0 Å². The molecule has 0 atom stereocenters. The van der Waals surface area contributed by atoms with E-state index < -0.39 is 0 Å². The van der Waals surface area contributed by atoms with Crippen LogP contribution in [0.5, 0.6) is 0 Å². The average Bonchev–Trinajstić information content (AvgIpc) is 3.94. The summed E-state index contributed by atoms with van der Waals surface area (Å²) in [7, 11) is 0. The summed E-state index contributed by atoms with van der Waals surface area (Å²) in [6, 6.07) is 68.1. The molecule has 0 bridgehead atoms. The molecule has 61 heavy (non-hydrogen) atoms. The molecule has 1 nitrogen and oxygen atoms in total. The van der Waals surface area contributed by atoms with Gasteiger partial charge in [0.15, 0.2) is 0 Å². The highest BCUT2D eigenvalue weighted by atomic mass is 32.1. The number of furan rings is 1. The van der Waals surface area contributed by atoms with Crippen molar-refractivity contribution in [3.63, 3.8) is 0 Å². The van der Waals surface area contributed by atoms with E-state index in [4.69, 9.17) is 4.42 Å². The summed E-state index contributed by atoms with van der Waals surface area (Å²) in [5.74, 6) is 0. The lowest BCUT2D eigenvalue weighted by Gasteiger charge is -2.23. The third-order valence-corrected chi connectivity index (χ3v) is 15.2. The van der Waals surface area contributed by atoms with Crippen LogP contribution in [0.15, 0.2) is 186 Å². The van der Waals surface area contributed by atoms with E-state index in [1.165, 1.54) is 119 Å².